The molecule has 8 nitrogen and oxygen atoms in total. The van der Waals surface area contributed by atoms with Gasteiger partial charge in [-0.05, 0) is 78.1 Å². The van der Waals surface area contributed by atoms with Crippen molar-refractivity contribution >= 4 is 28.7 Å². The molecule has 2 N–H and O–H groups in total. The Hall–Kier alpha value is -4.72. The van der Waals surface area contributed by atoms with Crippen LogP contribution in [0.15, 0.2) is 79.0 Å². The quantitative estimate of drug-likeness (QED) is 0.276. The summed E-state index contributed by atoms with van der Waals surface area (Å²) in [6, 6.07) is 22.0. The first kappa shape index (κ1) is 22.1. The van der Waals surface area contributed by atoms with Gasteiger partial charge >= 0.3 is 5.69 Å². The lowest BCUT2D eigenvalue weighted by Crippen LogP contribution is -2.11. The van der Waals surface area contributed by atoms with E-state index in [1.54, 1.807) is 24.4 Å². The van der Waals surface area contributed by atoms with Crippen LogP contribution in [0.2, 0.25) is 0 Å². The van der Waals surface area contributed by atoms with Crippen LogP contribution >= 0.6 is 0 Å². The number of nitrogens with one attached hydrogen (secondary N) is 2. The number of rotatable bonds is 6. The molecule has 0 atom stereocenters. The molecular formula is C27H22N4O4. The third kappa shape index (κ3) is 4.54. The van der Waals surface area contributed by atoms with Crippen molar-refractivity contribution in [3.8, 4) is 16.9 Å². The Labute approximate surface area is 201 Å². The number of methoxy groups -OCH3 is 1. The summed E-state index contributed by atoms with van der Waals surface area (Å²) in [7, 11) is 1.40. The van der Waals surface area contributed by atoms with Crippen LogP contribution in [0.25, 0.3) is 11.1 Å². The van der Waals surface area contributed by atoms with Crippen molar-refractivity contribution in [1.82, 2.24) is 4.98 Å². The van der Waals surface area contributed by atoms with Gasteiger partial charge in [-0.3, -0.25) is 19.9 Å². The number of hydrogen-bond donors (Lipinski definition) is 2. The van der Waals surface area contributed by atoms with Crippen LogP contribution in [0.4, 0.5) is 22.7 Å². The zero-order valence-corrected chi connectivity index (χ0v) is 18.9. The Bertz CT molecular complexity index is 1440. The molecular weight excluding hydrogens is 444 g/mol. The van der Waals surface area contributed by atoms with Crippen LogP contribution in [0.3, 0.4) is 0 Å². The zero-order valence-electron chi connectivity index (χ0n) is 18.9. The maximum Gasteiger partial charge on any atom is 0.310 e. The van der Waals surface area contributed by atoms with Crippen molar-refractivity contribution in [2.24, 2.45) is 0 Å². The minimum Gasteiger partial charge on any atom is -0.490 e. The van der Waals surface area contributed by atoms with Gasteiger partial charge in [-0.1, -0.05) is 18.2 Å². The van der Waals surface area contributed by atoms with E-state index in [4.69, 9.17) is 4.74 Å². The van der Waals surface area contributed by atoms with Crippen LogP contribution in [0.5, 0.6) is 5.75 Å². The fourth-order valence-electron chi connectivity index (χ4n) is 4.15. The lowest BCUT2D eigenvalue weighted by Gasteiger charge is -2.12. The van der Waals surface area contributed by atoms with Gasteiger partial charge in [0.1, 0.15) is 0 Å². The van der Waals surface area contributed by atoms with Gasteiger partial charge < -0.3 is 15.4 Å². The summed E-state index contributed by atoms with van der Waals surface area (Å²) >= 11 is 0. The molecule has 1 aliphatic heterocycles. The highest BCUT2D eigenvalue weighted by Crippen LogP contribution is 2.37. The first-order valence-corrected chi connectivity index (χ1v) is 11.1. The second kappa shape index (κ2) is 9.26. The normalized spacial score (nSPS) is 12.0. The number of aromatic nitrogens is 1. The number of ether oxygens (including phenoxy) is 1. The Morgan fingerprint density at radius 1 is 0.886 bits per heavy atom. The van der Waals surface area contributed by atoms with Crippen LogP contribution < -0.4 is 15.4 Å². The van der Waals surface area contributed by atoms with E-state index in [0.717, 1.165) is 40.9 Å². The second-order valence-corrected chi connectivity index (χ2v) is 8.18. The van der Waals surface area contributed by atoms with Crippen molar-refractivity contribution in [1.29, 1.82) is 0 Å². The van der Waals surface area contributed by atoms with Crippen LogP contribution in [-0.2, 0) is 12.8 Å². The van der Waals surface area contributed by atoms with Gasteiger partial charge in [0, 0.05) is 18.0 Å². The molecule has 0 saturated heterocycles. The van der Waals surface area contributed by atoms with Gasteiger partial charge in [0.2, 0.25) is 0 Å². The van der Waals surface area contributed by atoms with Gasteiger partial charge in [0.15, 0.2) is 5.75 Å². The summed E-state index contributed by atoms with van der Waals surface area (Å²) in [6.45, 7) is 0. The highest BCUT2D eigenvalue weighted by atomic mass is 16.6. The number of aryl methyl sites for hydroxylation is 2. The molecule has 0 radical (unpaired) electrons. The summed E-state index contributed by atoms with van der Waals surface area (Å²) in [5.41, 5.74) is 6.22. The van der Waals surface area contributed by atoms with Crippen molar-refractivity contribution in [3.05, 3.63) is 106 Å². The number of carbonyl (C=O) groups excluding carboxylic acids is 1. The monoisotopic (exact) mass is 466 g/mol. The van der Waals surface area contributed by atoms with Crippen LogP contribution in [0, 0.1) is 10.1 Å². The van der Waals surface area contributed by atoms with Crippen LogP contribution in [-0.4, -0.2) is 22.9 Å². The number of pyridine rings is 1. The average molecular weight is 466 g/mol. The SMILES string of the molecule is COc1cc(-c2ccc3c(c2)Nc2ccc(CCc4ccccn4)cc2NC3=O)ccc1[N+](=O)[O-]. The fraction of sp³-hybridized carbons (Fsp3) is 0.111. The van der Waals surface area contributed by atoms with Crippen molar-refractivity contribution in [2.75, 3.05) is 17.7 Å². The maximum absolute atomic E-state index is 13.0. The van der Waals surface area contributed by atoms with E-state index in [-0.39, 0.29) is 17.3 Å². The fourth-order valence-corrected chi connectivity index (χ4v) is 4.15. The summed E-state index contributed by atoms with van der Waals surface area (Å²) in [4.78, 5) is 28.1. The number of amides is 1. The topological polar surface area (TPSA) is 106 Å². The highest BCUT2D eigenvalue weighted by molar-refractivity contribution is 6.12. The summed E-state index contributed by atoms with van der Waals surface area (Å²) in [5, 5.41) is 17.6. The van der Waals surface area contributed by atoms with Gasteiger partial charge in [-0.2, -0.15) is 0 Å². The molecule has 1 aliphatic rings. The number of fused-ring (bicyclic) bond motifs is 2. The number of benzene rings is 3. The van der Waals surface area contributed by atoms with E-state index in [1.807, 2.05) is 48.5 Å². The predicted octanol–water partition coefficient (Wildman–Crippen LogP) is 5.76. The molecule has 0 spiro atoms. The number of hydrogen-bond acceptors (Lipinski definition) is 6. The van der Waals surface area contributed by atoms with E-state index in [0.29, 0.717) is 16.9 Å². The number of nitrogens with zero attached hydrogens (tertiary/aromatic N) is 2. The smallest absolute Gasteiger partial charge is 0.310 e. The van der Waals surface area contributed by atoms with Gasteiger partial charge in [-0.15, -0.1) is 0 Å². The van der Waals surface area contributed by atoms with E-state index < -0.39 is 4.92 Å². The highest BCUT2D eigenvalue weighted by Gasteiger charge is 2.21. The largest absolute Gasteiger partial charge is 0.490 e. The molecule has 1 aromatic heterocycles. The second-order valence-electron chi connectivity index (χ2n) is 8.18. The molecule has 5 rings (SSSR count). The summed E-state index contributed by atoms with van der Waals surface area (Å²) in [6.07, 6.45) is 3.40. The maximum atomic E-state index is 13.0. The molecule has 35 heavy (non-hydrogen) atoms. The molecule has 4 aromatic rings. The average Bonchev–Trinajstić information content (AvgIpc) is 3.02. The molecule has 174 valence electrons. The van der Waals surface area contributed by atoms with E-state index in [1.165, 1.54) is 13.2 Å². The minimum absolute atomic E-state index is 0.101. The molecule has 1 amide bonds. The number of nitro groups is 1. The minimum atomic E-state index is -0.479. The van der Waals surface area contributed by atoms with Crippen molar-refractivity contribution in [3.63, 3.8) is 0 Å². The third-order valence-electron chi connectivity index (χ3n) is 5.97. The molecule has 0 unspecified atom stereocenters. The lowest BCUT2D eigenvalue weighted by molar-refractivity contribution is -0.385. The van der Waals surface area contributed by atoms with Gasteiger partial charge in [0.25, 0.3) is 5.91 Å². The predicted molar refractivity (Wildman–Crippen MR) is 134 cm³/mol. The van der Waals surface area contributed by atoms with Gasteiger partial charge in [-0.25, -0.2) is 0 Å². The molecule has 2 heterocycles. The molecule has 0 fully saturated rings. The Balaban J connectivity index is 1.43. The van der Waals surface area contributed by atoms with Gasteiger partial charge in [0.05, 0.1) is 34.7 Å². The molecule has 8 heteroatoms. The number of nitro benzene ring substituents is 1. The lowest BCUT2D eigenvalue weighted by atomic mass is 10.0. The van der Waals surface area contributed by atoms with Crippen molar-refractivity contribution < 1.29 is 14.5 Å². The standard InChI is InChI=1S/C27H22N4O4/c1-35-26-16-19(8-12-25(26)31(33)34)18-7-10-21-23(15-18)29-22-11-6-17(14-24(22)30-27(21)32)5-9-20-4-2-3-13-28-20/h2-4,6-8,10-16,29H,5,9H2,1H3,(H,30,32). The zero-order chi connectivity index (χ0) is 24.4. The first-order chi connectivity index (χ1) is 17.0. The summed E-state index contributed by atoms with van der Waals surface area (Å²) in [5.74, 6) is -0.0299. The first-order valence-electron chi connectivity index (χ1n) is 11.1. The Kier molecular flexibility index (Phi) is 5.85. The van der Waals surface area contributed by atoms with Crippen molar-refractivity contribution in [2.45, 2.75) is 12.8 Å². The third-order valence-corrected chi connectivity index (χ3v) is 5.97. The Morgan fingerprint density at radius 2 is 1.71 bits per heavy atom. The van der Waals surface area contributed by atoms with E-state index in [2.05, 4.69) is 15.6 Å². The Morgan fingerprint density at radius 3 is 2.49 bits per heavy atom. The molecule has 0 aliphatic carbocycles. The summed E-state index contributed by atoms with van der Waals surface area (Å²) < 4.78 is 5.20. The van der Waals surface area contributed by atoms with E-state index in [9.17, 15) is 14.9 Å². The number of carbonyl (C=O) groups is 1. The van der Waals surface area contributed by atoms with Crippen LogP contribution in [0.1, 0.15) is 21.6 Å². The van der Waals surface area contributed by atoms with E-state index >= 15 is 0 Å². The number of anilines is 3. The molecule has 0 saturated carbocycles. The molecule has 0 bridgehead atoms. The molecule has 3 aromatic carbocycles.